The van der Waals surface area contributed by atoms with Gasteiger partial charge in [0.15, 0.2) is 0 Å². The zero-order chi connectivity index (χ0) is 10.5. The highest BCUT2D eigenvalue weighted by Crippen LogP contribution is 2.22. The lowest BCUT2D eigenvalue weighted by Crippen LogP contribution is -2.36. The van der Waals surface area contributed by atoms with Gasteiger partial charge in [0.2, 0.25) is 0 Å². The summed E-state index contributed by atoms with van der Waals surface area (Å²) in [6.07, 6.45) is 4.22. The molecule has 2 saturated heterocycles. The van der Waals surface area contributed by atoms with E-state index < -0.39 is 0 Å². The fourth-order valence-corrected chi connectivity index (χ4v) is 3.79. The third kappa shape index (κ3) is 3.97. The summed E-state index contributed by atoms with van der Waals surface area (Å²) in [5, 5.41) is 3.68. The summed E-state index contributed by atoms with van der Waals surface area (Å²) in [5.41, 5.74) is 0. The number of nitrogens with one attached hydrogen (secondary N) is 1. The SMILES string of the molecule is CN1CCC(CNCC2CCSC2)CC1. The van der Waals surface area contributed by atoms with Crippen LogP contribution in [-0.4, -0.2) is 49.6 Å². The van der Waals surface area contributed by atoms with E-state index >= 15 is 0 Å². The van der Waals surface area contributed by atoms with Gasteiger partial charge in [0.25, 0.3) is 0 Å². The fraction of sp³-hybridized carbons (Fsp3) is 1.00. The van der Waals surface area contributed by atoms with E-state index in [0.29, 0.717) is 0 Å². The molecule has 3 heteroatoms. The molecule has 0 saturated carbocycles. The van der Waals surface area contributed by atoms with Gasteiger partial charge in [0, 0.05) is 0 Å². The molecule has 0 aromatic heterocycles. The smallest absolute Gasteiger partial charge is 0.00122 e. The Morgan fingerprint density at radius 1 is 1.13 bits per heavy atom. The molecule has 2 rings (SSSR count). The van der Waals surface area contributed by atoms with Gasteiger partial charge in [-0.3, -0.25) is 0 Å². The molecule has 2 fully saturated rings. The standard InChI is InChI=1S/C12H24N2S/c1-14-5-2-11(3-6-14)8-13-9-12-4-7-15-10-12/h11-13H,2-10H2,1H3. The molecule has 2 aliphatic rings. The maximum absolute atomic E-state index is 3.68. The molecule has 1 N–H and O–H groups in total. The third-order valence-electron chi connectivity index (χ3n) is 3.73. The van der Waals surface area contributed by atoms with Crippen molar-refractivity contribution in [2.45, 2.75) is 19.3 Å². The van der Waals surface area contributed by atoms with Gasteiger partial charge in [0.05, 0.1) is 0 Å². The van der Waals surface area contributed by atoms with E-state index in [4.69, 9.17) is 0 Å². The van der Waals surface area contributed by atoms with Crippen LogP contribution in [0.1, 0.15) is 19.3 Å². The van der Waals surface area contributed by atoms with Crippen LogP contribution in [0, 0.1) is 11.8 Å². The molecule has 0 bridgehead atoms. The second-order valence-electron chi connectivity index (χ2n) is 5.13. The molecule has 1 atom stereocenters. The van der Waals surface area contributed by atoms with Gasteiger partial charge in [-0.15, -0.1) is 0 Å². The highest BCUT2D eigenvalue weighted by Gasteiger charge is 2.18. The highest BCUT2D eigenvalue weighted by atomic mass is 32.2. The minimum atomic E-state index is 0.940. The lowest BCUT2D eigenvalue weighted by Gasteiger charge is -2.29. The number of piperidine rings is 1. The first-order chi connectivity index (χ1) is 7.34. The van der Waals surface area contributed by atoms with Crippen molar-refractivity contribution in [3.8, 4) is 0 Å². The zero-order valence-electron chi connectivity index (χ0n) is 9.87. The number of likely N-dealkylation sites (tertiary alicyclic amines) is 1. The van der Waals surface area contributed by atoms with Crippen LogP contribution < -0.4 is 5.32 Å². The van der Waals surface area contributed by atoms with Crippen LogP contribution in [0.25, 0.3) is 0 Å². The first-order valence-corrected chi connectivity index (χ1v) is 7.47. The van der Waals surface area contributed by atoms with Crippen LogP contribution in [0.15, 0.2) is 0 Å². The van der Waals surface area contributed by atoms with Gasteiger partial charge in [-0.1, -0.05) is 0 Å². The summed E-state index contributed by atoms with van der Waals surface area (Å²) in [4.78, 5) is 2.45. The lowest BCUT2D eigenvalue weighted by atomic mass is 9.97. The van der Waals surface area contributed by atoms with Crippen molar-refractivity contribution in [2.24, 2.45) is 11.8 Å². The summed E-state index contributed by atoms with van der Waals surface area (Å²) in [6, 6.07) is 0. The van der Waals surface area contributed by atoms with Crippen molar-refractivity contribution in [1.29, 1.82) is 0 Å². The van der Waals surface area contributed by atoms with Gasteiger partial charge in [-0.25, -0.2) is 0 Å². The molecule has 15 heavy (non-hydrogen) atoms. The van der Waals surface area contributed by atoms with Gasteiger partial charge in [0.1, 0.15) is 0 Å². The molecular formula is C12H24N2S. The summed E-state index contributed by atoms with van der Waals surface area (Å²) in [6.45, 7) is 5.12. The normalized spacial score (nSPS) is 29.8. The Morgan fingerprint density at radius 3 is 2.53 bits per heavy atom. The van der Waals surface area contributed by atoms with Gasteiger partial charge in [-0.05, 0) is 75.8 Å². The van der Waals surface area contributed by atoms with E-state index in [2.05, 4.69) is 29.0 Å². The molecule has 0 spiro atoms. The second kappa shape index (κ2) is 6.12. The Bertz CT molecular complexity index is 172. The van der Waals surface area contributed by atoms with E-state index in [9.17, 15) is 0 Å². The first kappa shape index (κ1) is 11.7. The minimum absolute atomic E-state index is 0.940. The summed E-state index contributed by atoms with van der Waals surface area (Å²) in [7, 11) is 2.24. The quantitative estimate of drug-likeness (QED) is 0.788. The highest BCUT2D eigenvalue weighted by molar-refractivity contribution is 7.99. The Balaban J connectivity index is 1.53. The molecule has 0 aliphatic carbocycles. The summed E-state index contributed by atoms with van der Waals surface area (Å²) >= 11 is 2.12. The average molecular weight is 228 g/mol. The number of hydrogen-bond acceptors (Lipinski definition) is 3. The van der Waals surface area contributed by atoms with Crippen LogP contribution >= 0.6 is 11.8 Å². The molecule has 1 unspecified atom stereocenters. The maximum atomic E-state index is 3.68. The average Bonchev–Trinajstić information content (AvgIpc) is 2.74. The van der Waals surface area contributed by atoms with E-state index in [1.807, 2.05) is 0 Å². The fourth-order valence-electron chi connectivity index (χ4n) is 2.50. The van der Waals surface area contributed by atoms with Crippen molar-refractivity contribution in [2.75, 3.05) is 44.7 Å². The molecule has 88 valence electrons. The molecule has 2 nitrogen and oxygen atoms in total. The van der Waals surface area contributed by atoms with Crippen molar-refractivity contribution in [3.05, 3.63) is 0 Å². The van der Waals surface area contributed by atoms with E-state index in [0.717, 1.165) is 11.8 Å². The van der Waals surface area contributed by atoms with E-state index in [1.165, 1.54) is 56.9 Å². The van der Waals surface area contributed by atoms with Crippen molar-refractivity contribution in [3.63, 3.8) is 0 Å². The largest absolute Gasteiger partial charge is 0.316 e. The maximum Gasteiger partial charge on any atom is -0.00122 e. The topological polar surface area (TPSA) is 15.3 Å². The Morgan fingerprint density at radius 2 is 1.87 bits per heavy atom. The first-order valence-electron chi connectivity index (χ1n) is 6.31. The predicted molar refractivity (Wildman–Crippen MR) is 68.5 cm³/mol. The van der Waals surface area contributed by atoms with Gasteiger partial charge in [-0.2, -0.15) is 11.8 Å². The summed E-state index contributed by atoms with van der Waals surface area (Å²) < 4.78 is 0. The molecule has 0 aromatic rings. The molecular weight excluding hydrogens is 204 g/mol. The van der Waals surface area contributed by atoms with E-state index in [-0.39, 0.29) is 0 Å². The Kier molecular flexibility index (Phi) is 4.79. The summed E-state index contributed by atoms with van der Waals surface area (Å²) in [5.74, 6) is 4.68. The van der Waals surface area contributed by atoms with Crippen LogP contribution in [-0.2, 0) is 0 Å². The van der Waals surface area contributed by atoms with Gasteiger partial charge >= 0.3 is 0 Å². The second-order valence-corrected chi connectivity index (χ2v) is 6.28. The molecule has 2 heterocycles. The predicted octanol–water partition coefficient (Wildman–Crippen LogP) is 1.67. The number of hydrogen-bond donors (Lipinski definition) is 1. The van der Waals surface area contributed by atoms with E-state index in [1.54, 1.807) is 0 Å². The monoisotopic (exact) mass is 228 g/mol. The molecule has 0 radical (unpaired) electrons. The van der Waals surface area contributed by atoms with Crippen molar-refractivity contribution >= 4 is 11.8 Å². The van der Waals surface area contributed by atoms with Crippen LogP contribution in [0.2, 0.25) is 0 Å². The molecule has 0 amide bonds. The van der Waals surface area contributed by atoms with Gasteiger partial charge < -0.3 is 10.2 Å². The Labute approximate surface area is 98.2 Å². The third-order valence-corrected chi connectivity index (χ3v) is 4.96. The number of rotatable bonds is 4. The number of nitrogens with zero attached hydrogens (tertiary/aromatic N) is 1. The van der Waals surface area contributed by atoms with Crippen LogP contribution in [0.3, 0.4) is 0 Å². The van der Waals surface area contributed by atoms with Crippen LogP contribution in [0.5, 0.6) is 0 Å². The minimum Gasteiger partial charge on any atom is -0.316 e. The zero-order valence-corrected chi connectivity index (χ0v) is 10.7. The molecule has 2 aliphatic heterocycles. The van der Waals surface area contributed by atoms with Crippen molar-refractivity contribution < 1.29 is 0 Å². The lowest BCUT2D eigenvalue weighted by molar-refractivity contribution is 0.215. The number of thioether (sulfide) groups is 1. The Hall–Kier alpha value is 0.270. The molecule has 0 aromatic carbocycles. The van der Waals surface area contributed by atoms with Crippen molar-refractivity contribution in [1.82, 2.24) is 10.2 Å². The van der Waals surface area contributed by atoms with Crippen LogP contribution in [0.4, 0.5) is 0 Å².